The van der Waals surface area contributed by atoms with Gasteiger partial charge in [-0.3, -0.25) is 0 Å². The summed E-state index contributed by atoms with van der Waals surface area (Å²) in [5.41, 5.74) is 6.46. The van der Waals surface area contributed by atoms with Gasteiger partial charge >= 0.3 is 0 Å². The standard InChI is InChI=1S/C9H13N5/c1-6(2)8-12-9-11-4-7(3-10)5-14(9)13-8/h4-6H,3,10H2,1-2H3. The van der Waals surface area contributed by atoms with E-state index in [0.717, 1.165) is 11.4 Å². The molecule has 0 radical (unpaired) electrons. The quantitative estimate of drug-likeness (QED) is 0.758. The molecule has 5 nitrogen and oxygen atoms in total. The lowest BCUT2D eigenvalue weighted by Crippen LogP contribution is -2.00. The molecular weight excluding hydrogens is 178 g/mol. The number of aromatic nitrogens is 4. The molecule has 2 aromatic heterocycles. The first-order valence-electron chi connectivity index (χ1n) is 4.62. The van der Waals surface area contributed by atoms with Gasteiger partial charge in [0.2, 0.25) is 0 Å². The van der Waals surface area contributed by atoms with Crippen molar-refractivity contribution in [2.24, 2.45) is 5.73 Å². The highest BCUT2D eigenvalue weighted by atomic mass is 15.3. The van der Waals surface area contributed by atoms with Crippen LogP contribution >= 0.6 is 0 Å². The van der Waals surface area contributed by atoms with Crippen molar-refractivity contribution >= 4 is 5.78 Å². The Balaban J connectivity index is 2.54. The molecule has 2 N–H and O–H groups in total. The Morgan fingerprint density at radius 1 is 1.50 bits per heavy atom. The van der Waals surface area contributed by atoms with Crippen LogP contribution in [0.4, 0.5) is 0 Å². The minimum atomic E-state index is 0.318. The highest BCUT2D eigenvalue weighted by Gasteiger charge is 2.07. The van der Waals surface area contributed by atoms with E-state index < -0.39 is 0 Å². The van der Waals surface area contributed by atoms with E-state index in [1.165, 1.54) is 0 Å². The van der Waals surface area contributed by atoms with Gasteiger partial charge in [-0.2, -0.15) is 4.98 Å². The number of fused-ring (bicyclic) bond motifs is 1. The Morgan fingerprint density at radius 2 is 2.29 bits per heavy atom. The van der Waals surface area contributed by atoms with Crippen molar-refractivity contribution in [1.29, 1.82) is 0 Å². The van der Waals surface area contributed by atoms with Crippen molar-refractivity contribution in [3.05, 3.63) is 23.8 Å². The highest BCUT2D eigenvalue weighted by molar-refractivity contribution is 5.28. The van der Waals surface area contributed by atoms with Gasteiger partial charge in [0.05, 0.1) is 0 Å². The third-order valence-electron chi connectivity index (χ3n) is 2.02. The van der Waals surface area contributed by atoms with Crippen LogP contribution in [0.3, 0.4) is 0 Å². The van der Waals surface area contributed by atoms with Crippen LogP contribution < -0.4 is 5.73 Å². The van der Waals surface area contributed by atoms with Gasteiger partial charge in [0, 0.05) is 30.4 Å². The maximum Gasteiger partial charge on any atom is 0.252 e. The molecule has 0 fully saturated rings. The van der Waals surface area contributed by atoms with Gasteiger partial charge in [-0.05, 0) is 0 Å². The molecule has 2 rings (SSSR count). The van der Waals surface area contributed by atoms with Crippen LogP contribution in [0, 0.1) is 0 Å². The molecule has 0 amide bonds. The predicted octanol–water partition coefficient (Wildman–Crippen LogP) is 0.706. The van der Waals surface area contributed by atoms with Gasteiger partial charge in [-0.1, -0.05) is 13.8 Å². The van der Waals surface area contributed by atoms with Crippen molar-refractivity contribution in [3.63, 3.8) is 0 Å². The van der Waals surface area contributed by atoms with Gasteiger partial charge in [0.1, 0.15) is 0 Å². The summed E-state index contributed by atoms with van der Waals surface area (Å²) < 4.78 is 1.68. The second kappa shape index (κ2) is 3.34. The fraction of sp³-hybridized carbons (Fsp3) is 0.444. The fourth-order valence-electron chi connectivity index (χ4n) is 1.19. The monoisotopic (exact) mass is 191 g/mol. The molecule has 0 bridgehead atoms. The molecule has 0 aliphatic carbocycles. The van der Waals surface area contributed by atoms with Gasteiger partial charge in [-0.15, -0.1) is 5.10 Å². The van der Waals surface area contributed by atoms with Crippen LogP contribution in [0.25, 0.3) is 5.78 Å². The van der Waals surface area contributed by atoms with Crippen LogP contribution in [0.1, 0.15) is 31.2 Å². The van der Waals surface area contributed by atoms with Gasteiger partial charge in [0.15, 0.2) is 5.82 Å². The molecule has 0 aromatic carbocycles. The van der Waals surface area contributed by atoms with Gasteiger partial charge in [-0.25, -0.2) is 9.50 Å². The average molecular weight is 191 g/mol. The smallest absolute Gasteiger partial charge is 0.252 e. The normalized spacial score (nSPS) is 11.4. The minimum absolute atomic E-state index is 0.318. The van der Waals surface area contributed by atoms with Crippen LogP contribution in [-0.2, 0) is 6.54 Å². The number of rotatable bonds is 2. The molecule has 0 saturated carbocycles. The molecule has 0 aliphatic rings. The first-order valence-corrected chi connectivity index (χ1v) is 4.62. The van der Waals surface area contributed by atoms with E-state index in [2.05, 4.69) is 28.9 Å². The summed E-state index contributed by atoms with van der Waals surface area (Å²) in [6, 6.07) is 0. The summed E-state index contributed by atoms with van der Waals surface area (Å²) >= 11 is 0. The van der Waals surface area contributed by atoms with Crippen LogP contribution in [0.15, 0.2) is 12.4 Å². The summed E-state index contributed by atoms with van der Waals surface area (Å²) in [6.45, 7) is 4.58. The summed E-state index contributed by atoms with van der Waals surface area (Å²) in [6.07, 6.45) is 3.59. The van der Waals surface area contributed by atoms with Crippen molar-refractivity contribution in [2.75, 3.05) is 0 Å². The average Bonchev–Trinajstić information content (AvgIpc) is 2.59. The van der Waals surface area contributed by atoms with Crippen molar-refractivity contribution in [2.45, 2.75) is 26.3 Å². The largest absolute Gasteiger partial charge is 0.326 e. The second-order valence-corrected chi connectivity index (χ2v) is 3.54. The molecule has 0 atom stereocenters. The lowest BCUT2D eigenvalue weighted by Gasteiger charge is -1.95. The number of hydrogen-bond acceptors (Lipinski definition) is 4. The zero-order chi connectivity index (χ0) is 10.1. The molecule has 5 heteroatoms. The highest BCUT2D eigenvalue weighted by Crippen LogP contribution is 2.09. The second-order valence-electron chi connectivity index (χ2n) is 3.54. The molecule has 0 aliphatic heterocycles. The Labute approximate surface area is 82.0 Å². The van der Waals surface area contributed by atoms with Gasteiger partial charge < -0.3 is 5.73 Å². The topological polar surface area (TPSA) is 69.1 Å². The van der Waals surface area contributed by atoms with E-state index in [-0.39, 0.29) is 0 Å². The molecule has 0 unspecified atom stereocenters. The van der Waals surface area contributed by atoms with Crippen LogP contribution in [-0.4, -0.2) is 19.6 Å². The van der Waals surface area contributed by atoms with Crippen molar-refractivity contribution in [3.8, 4) is 0 Å². The first kappa shape index (κ1) is 9.08. The summed E-state index contributed by atoms with van der Waals surface area (Å²) in [7, 11) is 0. The van der Waals surface area contributed by atoms with Crippen LogP contribution in [0.5, 0.6) is 0 Å². The lowest BCUT2D eigenvalue weighted by atomic mass is 10.2. The third-order valence-corrected chi connectivity index (χ3v) is 2.02. The molecule has 0 saturated heterocycles. The Hall–Kier alpha value is -1.49. The van der Waals surface area contributed by atoms with E-state index in [0.29, 0.717) is 18.2 Å². The first-order chi connectivity index (χ1) is 6.70. The maximum atomic E-state index is 5.51. The molecule has 14 heavy (non-hydrogen) atoms. The van der Waals surface area contributed by atoms with Crippen LogP contribution in [0.2, 0.25) is 0 Å². The van der Waals surface area contributed by atoms with E-state index in [9.17, 15) is 0 Å². The summed E-state index contributed by atoms with van der Waals surface area (Å²) in [4.78, 5) is 8.45. The Bertz CT molecular complexity index is 445. The summed E-state index contributed by atoms with van der Waals surface area (Å²) in [5.74, 6) is 1.76. The minimum Gasteiger partial charge on any atom is -0.326 e. The third kappa shape index (κ3) is 1.46. The van der Waals surface area contributed by atoms with Crippen molar-refractivity contribution < 1.29 is 0 Å². The molecule has 2 aromatic rings. The predicted molar refractivity (Wildman–Crippen MR) is 52.8 cm³/mol. The van der Waals surface area contributed by atoms with E-state index in [1.807, 2.05) is 6.20 Å². The molecule has 0 spiro atoms. The number of nitrogens with two attached hydrogens (primary N) is 1. The Morgan fingerprint density at radius 3 is 2.93 bits per heavy atom. The lowest BCUT2D eigenvalue weighted by molar-refractivity contribution is 0.763. The summed E-state index contributed by atoms with van der Waals surface area (Å²) in [5, 5.41) is 4.31. The van der Waals surface area contributed by atoms with Gasteiger partial charge in [0.25, 0.3) is 5.78 Å². The zero-order valence-electron chi connectivity index (χ0n) is 8.31. The number of nitrogens with zero attached hydrogens (tertiary/aromatic N) is 4. The fourth-order valence-corrected chi connectivity index (χ4v) is 1.19. The molecular formula is C9H13N5. The SMILES string of the molecule is CC(C)c1nc2ncc(CN)cn2n1. The molecule has 74 valence electrons. The Kier molecular flexibility index (Phi) is 2.17. The maximum absolute atomic E-state index is 5.51. The number of hydrogen-bond donors (Lipinski definition) is 1. The van der Waals surface area contributed by atoms with E-state index in [4.69, 9.17) is 5.73 Å². The molecule has 2 heterocycles. The zero-order valence-corrected chi connectivity index (χ0v) is 8.31. The van der Waals surface area contributed by atoms with E-state index >= 15 is 0 Å². The van der Waals surface area contributed by atoms with E-state index in [1.54, 1.807) is 10.7 Å². The van der Waals surface area contributed by atoms with Crippen molar-refractivity contribution in [1.82, 2.24) is 19.6 Å².